The summed E-state index contributed by atoms with van der Waals surface area (Å²) in [5.41, 5.74) is 0. The lowest BCUT2D eigenvalue weighted by Gasteiger charge is -2.26. The third-order valence-electron chi connectivity index (χ3n) is 3.01. The largest absolute Gasteiger partial charge is 0.379 e. The number of nitrogens with zero attached hydrogens (tertiary/aromatic N) is 1. The van der Waals surface area contributed by atoms with E-state index in [0.717, 1.165) is 39.1 Å². The van der Waals surface area contributed by atoms with Crippen LogP contribution in [0.5, 0.6) is 0 Å². The minimum atomic E-state index is 0.160. The summed E-state index contributed by atoms with van der Waals surface area (Å²) in [4.78, 5) is 13.4. The van der Waals surface area contributed by atoms with Gasteiger partial charge >= 0.3 is 0 Å². The maximum absolute atomic E-state index is 11.0. The Morgan fingerprint density at radius 2 is 1.55 bits per heavy atom. The summed E-state index contributed by atoms with van der Waals surface area (Å²) in [6.07, 6.45) is 5.33. The van der Waals surface area contributed by atoms with Gasteiger partial charge in [0, 0.05) is 26.6 Å². The molecule has 0 radical (unpaired) electrons. The molecule has 0 atom stereocenters. The van der Waals surface area contributed by atoms with Crippen LogP contribution in [0.4, 0.5) is 0 Å². The van der Waals surface area contributed by atoms with Crippen LogP contribution in [0.2, 0.25) is 0 Å². The molecule has 1 aliphatic rings. The van der Waals surface area contributed by atoms with Gasteiger partial charge in [-0.15, -0.1) is 0 Å². The number of carbonyl (C=O) groups is 1. The molecule has 1 saturated heterocycles. The first-order valence-electron chi connectivity index (χ1n) is 8.33. The van der Waals surface area contributed by atoms with Crippen LogP contribution in [0.15, 0.2) is 0 Å². The summed E-state index contributed by atoms with van der Waals surface area (Å²) in [5, 5.41) is 2.65. The lowest BCUT2D eigenvalue weighted by atomic mass is 10.1. The average Bonchev–Trinajstić information content (AvgIpc) is 2.55. The second-order valence-corrected chi connectivity index (χ2v) is 4.29. The molecule has 0 aromatic carbocycles. The summed E-state index contributed by atoms with van der Waals surface area (Å²) >= 11 is 0. The Kier molecular flexibility index (Phi) is 19.9. The molecule has 0 aliphatic carbocycles. The van der Waals surface area contributed by atoms with Gasteiger partial charge in [-0.25, -0.2) is 0 Å². The number of unbranched alkanes of at least 4 members (excludes halogenated alkanes) is 3. The third-order valence-corrected chi connectivity index (χ3v) is 3.01. The van der Waals surface area contributed by atoms with Crippen LogP contribution >= 0.6 is 0 Å². The summed E-state index contributed by atoms with van der Waals surface area (Å²) in [5.74, 6) is 0.160. The van der Waals surface area contributed by atoms with Crippen molar-refractivity contribution in [3.8, 4) is 0 Å². The minimum Gasteiger partial charge on any atom is -0.379 e. The molecule has 0 bridgehead atoms. The number of hydrogen-bond donors (Lipinski definition) is 1. The Hall–Kier alpha value is -0.610. The summed E-state index contributed by atoms with van der Waals surface area (Å²) in [6.45, 7) is 13.1. The molecular formula is C16H36N2O2. The third kappa shape index (κ3) is 13.8. The molecule has 122 valence electrons. The van der Waals surface area contributed by atoms with Gasteiger partial charge < -0.3 is 10.1 Å². The van der Waals surface area contributed by atoms with Crippen LogP contribution in [-0.2, 0) is 9.53 Å². The normalized spacial score (nSPS) is 14.4. The average molecular weight is 288 g/mol. The fourth-order valence-corrected chi connectivity index (χ4v) is 1.92. The van der Waals surface area contributed by atoms with Crippen molar-refractivity contribution in [2.75, 3.05) is 39.9 Å². The van der Waals surface area contributed by atoms with E-state index in [2.05, 4.69) is 10.2 Å². The molecular weight excluding hydrogens is 252 g/mol. The topological polar surface area (TPSA) is 41.6 Å². The van der Waals surface area contributed by atoms with E-state index < -0.39 is 0 Å². The predicted octanol–water partition coefficient (Wildman–Crippen LogP) is 3.07. The summed E-state index contributed by atoms with van der Waals surface area (Å²) in [6, 6.07) is 0. The SMILES string of the molecule is CC.CC.CNC(=O)CCCCCCN1CCOCC1. The van der Waals surface area contributed by atoms with Gasteiger partial charge in [0.1, 0.15) is 0 Å². The molecule has 1 amide bonds. The van der Waals surface area contributed by atoms with Crippen LogP contribution in [0.1, 0.15) is 59.8 Å². The van der Waals surface area contributed by atoms with Gasteiger partial charge in [-0.3, -0.25) is 9.69 Å². The van der Waals surface area contributed by atoms with Gasteiger partial charge in [0.25, 0.3) is 0 Å². The fraction of sp³-hybridized carbons (Fsp3) is 0.938. The van der Waals surface area contributed by atoms with Gasteiger partial charge in [0.15, 0.2) is 0 Å². The van der Waals surface area contributed by atoms with Crippen molar-refractivity contribution >= 4 is 5.91 Å². The lowest BCUT2D eigenvalue weighted by molar-refractivity contribution is -0.120. The molecule has 1 aliphatic heterocycles. The van der Waals surface area contributed by atoms with E-state index in [1.54, 1.807) is 7.05 Å². The number of rotatable bonds is 7. The van der Waals surface area contributed by atoms with Crippen LogP contribution in [0.25, 0.3) is 0 Å². The molecule has 0 saturated carbocycles. The van der Waals surface area contributed by atoms with Crippen molar-refractivity contribution in [3.63, 3.8) is 0 Å². The maximum atomic E-state index is 11.0. The van der Waals surface area contributed by atoms with E-state index in [-0.39, 0.29) is 5.91 Å². The zero-order valence-electron chi connectivity index (χ0n) is 14.3. The number of hydrogen-bond acceptors (Lipinski definition) is 3. The van der Waals surface area contributed by atoms with Crippen molar-refractivity contribution in [3.05, 3.63) is 0 Å². The number of amides is 1. The lowest BCUT2D eigenvalue weighted by Crippen LogP contribution is -2.36. The smallest absolute Gasteiger partial charge is 0.219 e. The zero-order valence-corrected chi connectivity index (χ0v) is 14.3. The number of carbonyl (C=O) groups excluding carboxylic acids is 1. The van der Waals surface area contributed by atoms with E-state index in [1.165, 1.54) is 19.4 Å². The van der Waals surface area contributed by atoms with E-state index in [0.29, 0.717) is 6.42 Å². The quantitative estimate of drug-likeness (QED) is 0.732. The van der Waals surface area contributed by atoms with Crippen molar-refractivity contribution in [1.82, 2.24) is 10.2 Å². The molecule has 4 nitrogen and oxygen atoms in total. The van der Waals surface area contributed by atoms with Gasteiger partial charge in [0.2, 0.25) is 5.91 Å². The highest BCUT2D eigenvalue weighted by atomic mass is 16.5. The van der Waals surface area contributed by atoms with Crippen molar-refractivity contribution < 1.29 is 9.53 Å². The summed E-state index contributed by atoms with van der Waals surface area (Å²) < 4.78 is 5.30. The van der Waals surface area contributed by atoms with E-state index in [4.69, 9.17) is 4.74 Å². The first kappa shape index (κ1) is 21.7. The molecule has 4 heteroatoms. The second-order valence-electron chi connectivity index (χ2n) is 4.29. The van der Waals surface area contributed by atoms with Crippen LogP contribution in [0.3, 0.4) is 0 Å². The molecule has 0 aromatic rings. The van der Waals surface area contributed by atoms with Gasteiger partial charge in [-0.05, 0) is 19.4 Å². The standard InChI is InChI=1S/C12H24N2O2.2C2H6/c1-13-12(15)6-4-2-3-5-7-14-8-10-16-11-9-14;2*1-2/h2-11H2,1H3,(H,13,15);2*1-2H3. The molecule has 1 fully saturated rings. The Bertz CT molecular complexity index is 193. The van der Waals surface area contributed by atoms with Crippen molar-refractivity contribution in [2.45, 2.75) is 59.8 Å². The zero-order chi connectivity index (χ0) is 15.6. The Balaban J connectivity index is 0. The van der Waals surface area contributed by atoms with Crippen LogP contribution < -0.4 is 5.32 Å². The molecule has 20 heavy (non-hydrogen) atoms. The van der Waals surface area contributed by atoms with Crippen molar-refractivity contribution in [1.29, 1.82) is 0 Å². The number of morpholine rings is 1. The monoisotopic (exact) mass is 288 g/mol. The van der Waals surface area contributed by atoms with Gasteiger partial charge in [-0.1, -0.05) is 40.5 Å². The Labute approximate surface area is 126 Å². The molecule has 0 aromatic heterocycles. The molecule has 0 unspecified atom stereocenters. The fourth-order valence-electron chi connectivity index (χ4n) is 1.92. The van der Waals surface area contributed by atoms with E-state index in [9.17, 15) is 4.79 Å². The first-order chi connectivity index (χ1) is 9.83. The Morgan fingerprint density at radius 3 is 2.10 bits per heavy atom. The van der Waals surface area contributed by atoms with Crippen LogP contribution in [-0.4, -0.2) is 50.7 Å². The van der Waals surface area contributed by atoms with Crippen LogP contribution in [0, 0.1) is 0 Å². The number of nitrogens with one attached hydrogen (secondary N) is 1. The summed E-state index contributed by atoms with van der Waals surface area (Å²) in [7, 11) is 1.70. The number of ether oxygens (including phenoxy) is 1. The van der Waals surface area contributed by atoms with Crippen molar-refractivity contribution in [2.24, 2.45) is 0 Å². The van der Waals surface area contributed by atoms with E-state index in [1.807, 2.05) is 27.7 Å². The van der Waals surface area contributed by atoms with E-state index >= 15 is 0 Å². The highest BCUT2D eigenvalue weighted by Crippen LogP contribution is 2.05. The maximum Gasteiger partial charge on any atom is 0.219 e. The molecule has 1 heterocycles. The highest BCUT2D eigenvalue weighted by Gasteiger charge is 2.08. The minimum absolute atomic E-state index is 0.160. The molecule has 0 spiro atoms. The Morgan fingerprint density at radius 1 is 1.00 bits per heavy atom. The van der Waals surface area contributed by atoms with Gasteiger partial charge in [0.05, 0.1) is 13.2 Å². The van der Waals surface area contributed by atoms with Gasteiger partial charge in [-0.2, -0.15) is 0 Å². The predicted molar refractivity (Wildman–Crippen MR) is 87.1 cm³/mol. The second kappa shape index (κ2) is 18.4. The first-order valence-corrected chi connectivity index (χ1v) is 8.33. The highest BCUT2D eigenvalue weighted by molar-refractivity contribution is 5.75. The molecule has 1 N–H and O–H groups in total. The molecule has 1 rings (SSSR count).